The zero-order chi connectivity index (χ0) is 15.4. The van der Waals surface area contributed by atoms with Crippen LogP contribution in [0.5, 0.6) is 11.6 Å². The number of aromatic carboxylic acids is 1. The molecule has 0 radical (unpaired) electrons. The van der Waals surface area contributed by atoms with E-state index in [-0.39, 0.29) is 5.56 Å². The highest BCUT2D eigenvalue weighted by atomic mass is 79.9. The Kier molecular flexibility index (Phi) is 4.96. The Labute approximate surface area is 131 Å². The zero-order valence-electron chi connectivity index (χ0n) is 11.9. The summed E-state index contributed by atoms with van der Waals surface area (Å²) in [5.74, 6) is -0.0213. The molecule has 0 fully saturated rings. The number of nitrogens with zero attached hydrogens (tertiary/aromatic N) is 1. The van der Waals surface area contributed by atoms with Crippen LogP contribution in [-0.4, -0.2) is 16.1 Å². The first kappa shape index (κ1) is 15.5. The Morgan fingerprint density at radius 1 is 1.33 bits per heavy atom. The predicted molar refractivity (Wildman–Crippen MR) is 84.1 cm³/mol. The van der Waals surface area contributed by atoms with Gasteiger partial charge in [0.05, 0.1) is 5.56 Å². The van der Waals surface area contributed by atoms with Crippen molar-refractivity contribution in [2.45, 2.75) is 26.7 Å². The number of hydrogen-bond donors (Lipinski definition) is 1. The van der Waals surface area contributed by atoms with E-state index in [9.17, 15) is 9.90 Å². The molecule has 110 valence electrons. The molecule has 21 heavy (non-hydrogen) atoms. The van der Waals surface area contributed by atoms with E-state index in [0.717, 1.165) is 28.6 Å². The van der Waals surface area contributed by atoms with Gasteiger partial charge >= 0.3 is 5.97 Å². The summed E-state index contributed by atoms with van der Waals surface area (Å²) >= 11 is 3.39. The molecule has 1 aromatic carbocycles. The van der Waals surface area contributed by atoms with Crippen LogP contribution in [0.1, 0.15) is 35.0 Å². The summed E-state index contributed by atoms with van der Waals surface area (Å²) in [6, 6.07) is 8.72. The average Bonchev–Trinajstić information content (AvgIpc) is 2.43. The normalized spacial score (nSPS) is 10.4. The number of carboxylic acid groups (broad SMARTS) is 1. The maximum atomic E-state index is 11.2. The minimum Gasteiger partial charge on any atom is -0.478 e. The Morgan fingerprint density at radius 3 is 2.76 bits per heavy atom. The monoisotopic (exact) mass is 349 g/mol. The van der Waals surface area contributed by atoms with Crippen LogP contribution < -0.4 is 4.74 Å². The summed E-state index contributed by atoms with van der Waals surface area (Å²) in [6.45, 7) is 3.95. The van der Waals surface area contributed by atoms with Crippen LogP contribution in [-0.2, 0) is 6.42 Å². The second-order valence-corrected chi connectivity index (χ2v) is 5.67. The zero-order valence-corrected chi connectivity index (χ0v) is 13.5. The number of rotatable bonds is 5. The molecule has 0 atom stereocenters. The van der Waals surface area contributed by atoms with Gasteiger partial charge in [-0.25, -0.2) is 9.78 Å². The van der Waals surface area contributed by atoms with Crippen molar-refractivity contribution in [2.24, 2.45) is 0 Å². The Balaban J connectivity index is 2.38. The van der Waals surface area contributed by atoms with Crippen molar-refractivity contribution < 1.29 is 14.6 Å². The van der Waals surface area contributed by atoms with Crippen LogP contribution in [0.2, 0.25) is 0 Å². The third-order valence-electron chi connectivity index (χ3n) is 2.97. The smallest absolute Gasteiger partial charge is 0.335 e. The first-order valence-corrected chi connectivity index (χ1v) is 7.47. The predicted octanol–water partition coefficient (Wildman–Crippen LogP) is 4.60. The molecule has 0 aliphatic carbocycles. The number of aryl methyl sites for hydroxylation is 2. The third kappa shape index (κ3) is 4.04. The number of aromatic nitrogens is 1. The van der Waals surface area contributed by atoms with Gasteiger partial charge in [-0.3, -0.25) is 0 Å². The number of halogens is 1. The first-order valence-electron chi connectivity index (χ1n) is 6.68. The lowest BCUT2D eigenvalue weighted by molar-refractivity contribution is 0.0696. The lowest BCUT2D eigenvalue weighted by Gasteiger charge is -2.10. The summed E-state index contributed by atoms with van der Waals surface area (Å²) in [6.07, 6.45) is 1.61. The van der Waals surface area contributed by atoms with Gasteiger partial charge in [0.25, 0.3) is 0 Å². The molecule has 0 aliphatic heterocycles. The minimum atomic E-state index is -0.981. The number of pyridine rings is 1. The van der Waals surface area contributed by atoms with Crippen molar-refractivity contribution >= 4 is 21.9 Å². The molecule has 1 aromatic heterocycles. The molecule has 1 heterocycles. The Bertz CT molecular complexity index is 671. The second-order valence-electron chi connectivity index (χ2n) is 4.75. The van der Waals surface area contributed by atoms with Gasteiger partial charge in [0.2, 0.25) is 5.88 Å². The van der Waals surface area contributed by atoms with Gasteiger partial charge in [-0.2, -0.15) is 0 Å². The lowest BCUT2D eigenvalue weighted by Crippen LogP contribution is -2.02. The maximum absolute atomic E-state index is 11.2. The van der Waals surface area contributed by atoms with E-state index in [2.05, 4.69) is 20.9 Å². The standard InChI is InChI=1S/C16H16BrNO3/c1-3-4-13-7-11(16(19)20)8-15(18-13)21-14-9-12(17)6-5-10(14)2/h5-9H,3-4H2,1-2H3,(H,19,20). The molecule has 2 rings (SSSR count). The van der Waals surface area contributed by atoms with Gasteiger partial charge in [-0.15, -0.1) is 0 Å². The van der Waals surface area contributed by atoms with Gasteiger partial charge < -0.3 is 9.84 Å². The molecule has 0 amide bonds. The summed E-state index contributed by atoms with van der Waals surface area (Å²) in [7, 11) is 0. The maximum Gasteiger partial charge on any atom is 0.335 e. The van der Waals surface area contributed by atoms with E-state index < -0.39 is 5.97 Å². The molecule has 5 heteroatoms. The SMILES string of the molecule is CCCc1cc(C(=O)O)cc(Oc2cc(Br)ccc2C)n1. The van der Waals surface area contributed by atoms with Crippen molar-refractivity contribution in [3.8, 4) is 11.6 Å². The molecule has 0 saturated heterocycles. The van der Waals surface area contributed by atoms with E-state index in [0.29, 0.717) is 11.6 Å². The first-order chi connectivity index (χ1) is 9.99. The fraction of sp³-hybridized carbons (Fsp3) is 0.250. The molecule has 0 aliphatic rings. The van der Waals surface area contributed by atoms with Crippen LogP contribution in [0, 0.1) is 6.92 Å². The topological polar surface area (TPSA) is 59.4 Å². The quantitative estimate of drug-likeness (QED) is 0.856. The van der Waals surface area contributed by atoms with Crippen LogP contribution >= 0.6 is 15.9 Å². The van der Waals surface area contributed by atoms with Crippen molar-refractivity contribution in [3.05, 3.63) is 51.6 Å². The van der Waals surface area contributed by atoms with Crippen LogP contribution in [0.3, 0.4) is 0 Å². The van der Waals surface area contributed by atoms with E-state index >= 15 is 0 Å². The summed E-state index contributed by atoms with van der Waals surface area (Å²) in [5.41, 5.74) is 1.87. The molecule has 0 spiro atoms. The highest BCUT2D eigenvalue weighted by Crippen LogP contribution is 2.28. The van der Waals surface area contributed by atoms with Crippen LogP contribution in [0.15, 0.2) is 34.8 Å². The fourth-order valence-corrected chi connectivity index (χ4v) is 2.26. The summed E-state index contributed by atoms with van der Waals surface area (Å²) < 4.78 is 6.66. The Hall–Kier alpha value is -1.88. The Morgan fingerprint density at radius 2 is 2.10 bits per heavy atom. The molecule has 0 saturated carbocycles. The second kappa shape index (κ2) is 6.72. The number of carbonyl (C=O) groups is 1. The van der Waals surface area contributed by atoms with Gasteiger partial charge in [0.15, 0.2) is 0 Å². The minimum absolute atomic E-state index is 0.191. The van der Waals surface area contributed by atoms with E-state index in [1.807, 2.05) is 32.0 Å². The molecule has 2 aromatic rings. The molecule has 1 N–H and O–H groups in total. The van der Waals surface area contributed by atoms with Crippen LogP contribution in [0.4, 0.5) is 0 Å². The van der Waals surface area contributed by atoms with Crippen molar-refractivity contribution in [2.75, 3.05) is 0 Å². The number of carboxylic acids is 1. The van der Waals surface area contributed by atoms with Crippen molar-refractivity contribution in [3.63, 3.8) is 0 Å². The van der Waals surface area contributed by atoms with Crippen molar-refractivity contribution in [1.82, 2.24) is 4.98 Å². The van der Waals surface area contributed by atoms with Gasteiger partial charge in [0, 0.05) is 16.2 Å². The van der Waals surface area contributed by atoms with E-state index in [4.69, 9.17) is 4.74 Å². The van der Waals surface area contributed by atoms with Crippen LogP contribution in [0.25, 0.3) is 0 Å². The lowest BCUT2D eigenvalue weighted by atomic mass is 10.1. The van der Waals surface area contributed by atoms with Crippen molar-refractivity contribution in [1.29, 1.82) is 0 Å². The number of ether oxygens (including phenoxy) is 1. The average molecular weight is 350 g/mol. The van der Waals surface area contributed by atoms with E-state index in [1.165, 1.54) is 6.07 Å². The number of benzene rings is 1. The number of hydrogen-bond acceptors (Lipinski definition) is 3. The molecule has 0 unspecified atom stereocenters. The third-order valence-corrected chi connectivity index (χ3v) is 3.47. The van der Waals surface area contributed by atoms with Gasteiger partial charge in [-0.1, -0.05) is 35.3 Å². The van der Waals surface area contributed by atoms with Gasteiger partial charge in [-0.05, 0) is 37.1 Å². The molecular weight excluding hydrogens is 334 g/mol. The van der Waals surface area contributed by atoms with E-state index in [1.54, 1.807) is 6.07 Å². The highest BCUT2D eigenvalue weighted by Gasteiger charge is 2.11. The largest absolute Gasteiger partial charge is 0.478 e. The summed E-state index contributed by atoms with van der Waals surface area (Å²) in [4.78, 5) is 15.6. The van der Waals surface area contributed by atoms with Gasteiger partial charge in [0.1, 0.15) is 5.75 Å². The molecule has 0 bridgehead atoms. The molecule has 4 nitrogen and oxygen atoms in total. The molecular formula is C16H16BrNO3. The summed E-state index contributed by atoms with van der Waals surface area (Å²) in [5, 5.41) is 9.18. The highest BCUT2D eigenvalue weighted by molar-refractivity contribution is 9.10. The fourth-order valence-electron chi connectivity index (χ4n) is 1.92.